The van der Waals surface area contributed by atoms with Crippen molar-refractivity contribution in [1.82, 2.24) is 10.2 Å². The molecule has 0 spiro atoms. The standard InChI is InChI=1S/C31H43N3S/c1-7-9-15-30-23(4)34(27-18-22(3)33(6)26(8-2)21-27)29-17-16-24(20-31(29)35-30)19-25-13-11-10-12-14-28(25)32-5/h7,9-13,15-17,20,22-23,26-27,32H,8,14,18-19,21H2,1-6H3/b9-7-,30-15+. The number of anilines is 1. The quantitative estimate of drug-likeness (QED) is 0.454. The van der Waals surface area contributed by atoms with Gasteiger partial charge in [-0.2, -0.15) is 0 Å². The molecule has 1 aromatic rings. The van der Waals surface area contributed by atoms with Gasteiger partial charge in [0, 0.05) is 47.1 Å². The maximum absolute atomic E-state index is 3.42. The zero-order valence-electron chi connectivity index (χ0n) is 22.4. The molecule has 3 nitrogen and oxygen atoms in total. The Morgan fingerprint density at radius 2 is 2.00 bits per heavy atom. The average Bonchev–Trinajstić information content (AvgIpc) is 3.09. The molecule has 1 aromatic carbocycles. The highest BCUT2D eigenvalue weighted by Gasteiger charge is 2.38. The second-order valence-corrected chi connectivity index (χ2v) is 11.3. The number of fused-ring (bicyclic) bond motifs is 1. The van der Waals surface area contributed by atoms with Crippen molar-refractivity contribution in [2.45, 2.75) is 88.9 Å². The Balaban J connectivity index is 1.70. The minimum atomic E-state index is 0.391. The largest absolute Gasteiger partial charge is 0.391 e. The average molecular weight is 490 g/mol. The van der Waals surface area contributed by atoms with Gasteiger partial charge in [0.15, 0.2) is 0 Å². The van der Waals surface area contributed by atoms with Crippen LogP contribution in [0, 0.1) is 0 Å². The molecule has 0 aromatic heterocycles. The first-order valence-electron chi connectivity index (χ1n) is 13.3. The van der Waals surface area contributed by atoms with Crippen LogP contribution in [0.3, 0.4) is 0 Å². The summed E-state index contributed by atoms with van der Waals surface area (Å²) in [5.41, 5.74) is 5.49. The van der Waals surface area contributed by atoms with E-state index in [0.29, 0.717) is 24.2 Å². The second kappa shape index (κ2) is 11.7. The van der Waals surface area contributed by atoms with Crippen molar-refractivity contribution in [3.05, 3.63) is 82.5 Å². The van der Waals surface area contributed by atoms with Gasteiger partial charge >= 0.3 is 0 Å². The number of thioether (sulfide) groups is 1. The van der Waals surface area contributed by atoms with Crippen molar-refractivity contribution < 1.29 is 0 Å². The first kappa shape index (κ1) is 25.9. The molecule has 0 saturated carbocycles. The van der Waals surface area contributed by atoms with E-state index in [2.05, 4.69) is 111 Å². The summed E-state index contributed by atoms with van der Waals surface area (Å²) < 4.78 is 0. The monoisotopic (exact) mass is 489 g/mol. The summed E-state index contributed by atoms with van der Waals surface area (Å²) in [5, 5.41) is 3.42. The fraction of sp³-hybridized carbons (Fsp3) is 0.484. The van der Waals surface area contributed by atoms with Gasteiger partial charge in [-0.3, -0.25) is 0 Å². The van der Waals surface area contributed by atoms with Gasteiger partial charge in [0.2, 0.25) is 0 Å². The second-order valence-electron chi connectivity index (χ2n) is 10.2. The molecular weight excluding hydrogens is 446 g/mol. The summed E-state index contributed by atoms with van der Waals surface area (Å²) in [6, 6.07) is 9.43. The van der Waals surface area contributed by atoms with Gasteiger partial charge in [-0.25, -0.2) is 0 Å². The Labute approximate surface area is 217 Å². The van der Waals surface area contributed by atoms with Crippen LogP contribution in [-0.4, -0.2) is 43.2 Å². The van der Waals surface area contributed by atoms with Crippen LogP contribution in [0.1, 0.15) is 58.9 Å². The van der Waals surface area contributed by atoms with Crippen LogP contribution in [0.25, 0.3) is 0 Å². The van der Waals surface area contributed by atoms with Gasteiger partial charge in [0.05, 0.1) is 11.7 Å². The predicted octanol–water partition coefficient (Wildman–Crippen LogP) is 7.24. The number of allylic oxidation sites excluding steroid dienone is 8. The third-order valence-corrected chi connectivity index (χ3v) is 9.32. The van der Waals surface area contributed by atoms with Crippen LogP contribution in [0.5, 0.6) is 0 Å². The first-order chi connectivity index (χ1) is 17.0. The number of nitrogens with zero attached hydrogens (tertiary/aromatic N) is 2. The summed E-state index contributed by atoms with van der Waals surface area (Å²) in [4.78, 5) is 8.20. The van der Waals surface area contributed by atoms with E-state index in [4.69, 9.17) is 0 Å². The Morgan fingerprint density at radius 3 is 2.74 bits per heavy atom. The molecular formula is C31H43N3S. The molecule has 2 aliphatic heterocycles. The van der Waals surface area contributed by atoms with Crippen molar-refractivity contribution >= 4 is 17.4 Å². The lowest BCUT2D eigenvalue weighted by molar-refractivity contribution is 0.105. The molecule has 4 heteroatoms. The molecule has 3 aliphatic rings. The van der Waals surface area contributed by atoms with Crippen molar-refractivity contribution in [2.24, 2.45) is 0 Å². The summed E-state index contributed by atoms with van der Waals surface area (Å²) in [5.74, 6) is 0. The normalized spacial score (nSPS) is 28.6. The number of likely N-dealkylation sites (tertiary alicyclic amines) is 1. The predicted molar refractivity (Wildman–Crippen MR) is 154 cm³/mol. The van der Waals surface area contributed by atoms with E-state index in [1.807, 2.05) is 18.8 Å². The highest BCUT2D eigenvalue weighted by atomic mass is 32.2. The van der Waals surface area contributed by atoms with Gasteiger partial charge in [-0.15, -0.1) is 0 Å². The highest BCUT2D eigenvalue weighted by Crippen LogP contribution is 2.47. The molecule has 4 atom stereocenters. The van der Waals surface area contributed by atoms with Crippen LogP contribution in [-0.2, 0) is 6.42 Å². The molecule has 2 heterocycles. The van der Waals surface area contributed by atoms with E-state index < -0.39 is 0 Å². The van der Waals surface area contributed by atoms with Crippen molar-refractivity contribution in [3.63, 3.8) is 0 Å². The smallest absolute Gasteiger partial charge is 0.0580 e. The van der Waals surface area contributed by atoms with Gasteiger partial charge in [-0.05, 0) is 76.8 Å². The highest BCUT2D eigenvalue weighted by molar-refractivity contribution is 8.03. The lowest BCUT2D eigenvalue weighted by Gasteiger charge is -2.50. The summed E-state index contributed by atoms with van der Waals surface area (Å²) in [6.07, 6.45) is 21.1. The zero-order chi connectivity index (χ0) is 24.9. The summed E-state index contributed by atoms with van der Waals surface area (Å²) >= 11 is 1.96. The number of benzene rings is 1. The van der Waals surface area contributed by atoms with E-state index in [-0.39, 0.29) is 0 Å². The molecule has 1 saturated heterocycles. The van der Waals surface area contributed by atoms with Gasteiger partial charge in [-0.1, -0.05) is 67.3 Å². The maximum Gasteiger partial charge on any atom is 0.0580 e. The first-order valence-corrected chi connectivity index (χ1v) is 14.1. The molecule has 35 heavy (non-hydrogen) atoms. The maximum atomic E-state index is 3.42. The number of nitrogens with one attached hydrogen (secondary N) is 1. The molecule has 188 valence electrons. The number of hydrogen-bond donors (Lipinski definition) is 1. The van der Waals surface area contributed by atoms with Crippen molar-refractivity contribution in [3.8, 4) is 0 Å². The zero-order valence-corrected chi connectivity index (χ0v) is 23.2. The Kier molecular flexibility index (Phi) is 8.67. The third kappa shape index (κ3) is 5.65. The van der Waals surface area contributed by atoms with Crippen LogP contribution < -0.4 is 10.2 Å². The SMILES string of the molecule is C/C=C\C=C1\Sc2cc(CC3=C(NC)CC=CC=C3)ccc2N(C2CC(C)N(C)C(CC)C2)C1C. The lowest BCUT2D eigenvalue weighted by Crippen LogP contribution is -2.55. The number of hydrogen-bond acceptors (Lipinski definition) is 4. The van der Waals surface area contributed by atoms with E-state index in [1.54, 1.807) is 0 Å². The number of rotatable bonds is 6. The Hall–Kier alpha value is -2.17. The Bertz CT molecular complexity index is 1050. The summed E-state index contributed by atoms with van der Waals surface area (Å²) in [6.45, 7) is 9.25. The van der Waals surface area contributed by atoms with Crippen molar-refractivity contribution in [1.29, 1.82) is 0 Å². The van der Waals surface area contributed by atoms with Crippen LogP contribution in [0.2, 0.25) is 0 Å². The number of piperidine rings is 1. The molecule has 4 unspecified atom stereocenters. The van der Waals surface area contributed by atoms with E-state index >= 15 is 0 Å². The minimum absolute atomic E-state index is 0.391. The third-order valence-electron chi connectivity index (χ3n) is 8.06. The van der Waals surface area contributed by atoms with Crippen LogP contribution >= 0.6 is 11.8 Å². The van der Waals surface area contributed by atoms with Crippen LogP contribution in [0.4, 0.5) is 5.69 Å². The molecule has 1 aliphatic carbocycles. The summed E-state index contributed by atoms with van der Waals surface area (Å²) in [7, 11) is 4.35. The van der Waals surface area contributed by atoms with E-state index in [9.17, 15) is 0 Å². The van der Waals surface area contributed by atoms with Gasteiger partial charge in [0.1, 0.15) is 0 Å². The fourth-order valence-electron chi connectivity index (χ4n) is 5.89. The molecule has 1 N–H and O–H groups in total. The van der Waals surface area contributed by atoms with Gasteiger partial charge < -0.3 is 15.1 Å². The lowest BCUT2D eigenvalue weighted by atomic mass is 9.88. The topological polar surface area (TPSA) is 18.5 Å². The van der Waals surface area contributed by atoms with Crippen LogP contribution in [0.15, 0.2) is 81.8 Å². The Morgan fingerprint density at radius 1 is 1.17 bits per heavy atom. The van der Waals surface area contributed by atoms with E-state index in [0.717, 1.165) is 12.8 Å². The molecule has 4 rings (SSSR count). The minimum Gasteiger partial charge on any atom is -0.391 e. The molecule has 0 radical (unpaired) electrons. The van der Waals surface area contributed by atoms with Crippen molar-refractivity contribution in [2.75, 3.05) is 19.0 Å². The van der Waals surface area contributed by atoms with E-state index in [1.165, 1.54) is 51.6 Å². The van der Waals surface area contributed by atoms with Gasteiger partial charge in [0.25, 0.3) is 0 Å². The fourth-order valence-corrected chi connectivity index (χ4v) is 7.07. The molecule has 1 fully saturated rings. The molecule has 0 bridgehead atoms. The molecule has 0 amide bonds.